The van der Waals surface area contributed by atoms with Gasteiger partial charge in [-0.2, -0.15) is 0 Å². The molecule has 0 atom stereocenters. The normalized spacial score (nSPS) is 25.8. The topological polar surface area (TPSA) is 0 Å². The molecule has 2 aromatic carbocycles. The molecule has 1 saturated carbocycles. The summed E-state index contributed by atoms with van der Waals surface area (Å²) in [6, 6.07) is 16.1. The summed E-state index contributed by atoms with van der Waals surface area (Å²) < 4.78 is 0. The van der Waals surface area contributed by atoms with Crippen LogP contribution in [0, 0.1) is 5.92 Å². The van der Waals surface area contributed by atoms with Gasteiger partial charge in [0.05, 0.1) is 0 Å². The van der Waals surface area contributed by atoms with Gasteiger partial charge in [0.2, 0.25) is 0 Å². The number of hydrogen-bond donors (Lipinski definition) is 0. The molecule has 0 heterocycles. The predicted molar refractivity (Wildman–Crippen MR) is 85.1 cm³/mol. The number of fused-ring (bicyclic) bond motifs is 3. The lowest BCUT2D eigenvalue weighted by Gasteiger charge is -2.34. The maximum absolute atomic E-state index is 2.49. The molecule has 0 nitrogen and oxygen atoms in total. The molecule has 0 saturated heterocycles. The molecule has 0 N–H and O–H groups in total. The number of benzene rings is 2. The van der Waals surface area contributed by atoms with Crippen LogP contribution in [0.1, 0.15) is 56.2 Å². The van der Waals surface area contributed by atoms with Crippen molar-refractivity contribution in [3.05, 3.63) is 59.2 Å². The summed E-state index contributed by atoms with van der Waals surface area (Å²) in [4.78, 5) is 0. The van der Waals surface area contributed by atoms with Crippen molar-refractivity contribution < 1.29 is 0 Å². The van der Waals surface area contributed by atoms with Crippen molar-refractivity contribution in [1.29, 1.82) is 0 Å². The summed E-state index contributed by atoms with van der Waals surface area (Å²) in [6.07, 6.45) is 2.73. The lowest BCUT2D eigenvalue weighted by atomic mass is 9.71. The molecule has 2 aromatic rings. The van der Waals surface area contributed by atoms with Gasteiger partial charge in [-0.15, -0.1) is 0 Å². The van der Waals surface area contributed by atoms with E-state index in [0.717, 1.165) is 11.8 Å². The van der Waals surface area contributed by atoms with Gasteiger partial charge in [-0.3, -0.25) is 0 Å². The van der Waals surface area contributed by atoms with E-state index in [9.17, 15) is 0 Å². The fourth-order valence-electron chi connectivity index (χ4n) is 4.15. The largest absolute Gasteiger partial charge is 0.0625 e. The lowest BCUT2D eigenvalue weighted by molar-refractivity contribution is 0.288. The zero-order valence-corrected chi connectivity index (χ0v) is 12.6. The third-order valence-electron chi connectivity index (χ3n) is 5.45. The SMILES string of the molecule is CC1CC(c2ccc3c(c2)C(C)(C)c2ccccc2-3)C1. The van der Waals surface area contributed by atoms with Crippen LogP contribution in [0.4, 0.5) is 0 Å². The smallest absolute Gasteiger partial charge is 0.0158 e. The number of rotatable bonds is 1. The van der Waals surface area contributed by atoms with Crippen molar-refractivity contribution >= 4 is 0 Å². The average molecular weight is 262 g/mol. The molecule has 1 fully saturated rings. The summed E-state index contributed by atoms with van der Waals surface area (Å²) in [6.45, 7) is 7.10. The highest BCUT2D eigenvalue weighted by molar-refractivity contribution is 5.80. The van der Waals surface area contributed by atoms with E-state index in [2.05, 4.69) is 63.2 Å². The molecule has 2 aliphatic carbocycles. The average Bonchev–Trinajstić information content (AvgIpc) is 2.65. The molecule has 102 valence electrons. The Morgan fingerprint density at radius 2 is 1.60 bits per heavy atom. The first-order valence-corrected chi connectivity index (χ1v) is 7.81. The highest BCUT2D eigenvalue weighted by Crippen LogP contribution is 2.50. The van der Waals surface area contributed by atoms with Gasteiger partial charge in [0.1, 0.15) is 0 Å². The van der Waals surface area contributed by atoms with Crippen molar-refractivity contribution in [3.8, 4) is 11.1 Å². The fraction of sp³-hybridized carbons (Fsp3) is 0.400. The molecular formula is C20H22. The highest BCUT2D eigenvalue weighted by Gasteiger charge is 2.36. The second kappa shape index (κ2) is 3.97. The van der Waals surface area contributed by atoms with Crippen molar-refractivity contribution in [2.75, 3.05) is 0 Å². The van der Waals surface area contributed by atoms with Crippen LogP contribution >= 0.6 is 0 Å². The lowest BCUT2D eigenvalue weighted by Crippen LogP contribution is -2.20. The first-order valence-electron chi connectivity index (χ1n) is 7.81. The Labute approximate surface area is 121 Å². The van der Waals surface area contributed by atoms with Crippen molar-refractivity contribution in [1.82, 2.24) is 0 Å². The molecule has 4 rings (SSSR count). The predicted octanol–water partition coefficient (Wildman–Crippen LogP) is 5.51. The third kappa shape index (κ3) is 1.54. The van der Waals surface area contributed by atoms with Crippen LogP contribution in [-0.2, 0) is 5.41 Å². The van der Waals surface area contributed by atoms with Crippen molar-refractivity contribution in [3.63, 3.8) is 0 Å². The first-order chi connectivity index (χ1) is 9.57. The zero-order chi connectivity index (χ0) is 13.9. The first kappa shape index (κ1) is 12.2. The van der Waals surface area contributed by atoms with Crippen LogP contribution in [0.25, 0.3) is 11.1 Å². The van der Waals surface area contributed by atoms with E-state index >= 15 is 0 Å². The Hall–Kier alpha value is -1.56. The molecule has 0 aliphatic heterocycles. The van der Waals surface area contributed by atoms with E-state index in [-0.39, 0.29) is 5.41 Å². The van der Waals surface area contributed by atoms with E-state index in [4.69, 9.17) is 0 Å². The van der Waals surface area contributed by atoms with Gasteiger partial charge in [-0.25, -0.2) is 0 Å². The summed E-state index contributed by atoms with van der Waals surface area (Å²) in [7, 11) is 0. The van der Waals surface area contributed by atoms with Crippen molar-refractivity contribution in [2.45, 2.75) is 44.9 Å². The Morgan fingerprint density at radius 1 is 0.900 bits per heavy atom. The summed E-state index contributed by atoms with van der Waals surface area (Å²) >= 11 is 0. The van der Waals surface area contributed by atoms with Gasteiger partial charge >= 0.3 is 0 Å². The van der Waals surface area contributed by atoms with Crippen LogP contribution in [0.3, 0.4) is 0 Å². The molecule has 0 aromatic heterocycles. The van der Waals surface area contributed by atoms with Crippen molar-refractivity contribution in [2.24, 2.45) is 5.92 Å². The minimum Gasteiger partial charge on any atom is -0.0625 e. The Balaban J connectivity index is 1.84. The van der Waals surface area contributed by atoms with Gasteiger partial charge in [-0.05, 0) is 52.5 Å². The van der Waals surface area contributed by atoms with Crippen LogP contribution < -0.4 is 0 Å². The maximum atomic E-state index is 2.49. The highest BCUT2D eigenvalue weighted by atomic mass is 14.4. The fourth-order valence-corrected chi connectivity index (χ4v) is 4.15. The van der Waals surface area contributed by atoms with Crippen LogP contribution in [-0.4, -0.2) is 0 Å². The van der Waals surface area contributed by atoms with E-state index in [1.54, 1.807) is 5.56 Å². The van der Waals surface area contributed by atoms with E-state index < -0.39 is 0 Å². The molecule has 20 heavy (non-hydrogen) atoms. The van der Waals surface area contributed by atoms with Crippen LogP contribution in [0.5, 0.6) is 0 Å². The Kier molecular flexibility index (Phi) is 2.42. The third-order valence-corrected chi connectivity index (χ3v) is 5.45. The van der Waals surface area contributed by atoms with Crippen LogP contribution in [0.2, 0.25) is 0 Å². The molecule has 0 amide bonds. The van der Waals surface area contributed by atoms with Gasteiger partial charge in [-0.1, -0.05) is 63.2 Å². The van der Waals surface area contributed by atoms with Gasteiger partial charge in [0.15, 0.2) is 0 Å². The second-order valence-corrected chi connectivity index (χ2v) is 7.25. The quantitative estimate of drug-likeness (QED) is 0.636. The minimum absolute atomic E-state index is 0.150. The molecular weight excluding hydrogens is 240 g/mol. The standard InChI is InChI=1S/C20H22/c1-13-10-15(11-13)14-8-9-17-16-6-4-5-7-18(16)20(2,3)19(17)12-14/h4-9,12-13,15H,10-11H2,1-3H3. The number of hydrogen-bond acceptors (Lipinski definition) is 0. The van der Waals surface area contributed by atoms with Gasteiger partial charge in [0.25, 0.3) is 0 Å². The molecule has 0 radical (unpaired) electrons. The second-order valence-electron chi connectivity index (χ2n) is 7.25. The van der Waals surface area contributed by atoms with Gasteiger partial charge in [0, 0.05) is 5.41 Å². The Bertz CT molecular complexity index is 672. The summed E-state index contributed by atoms with van der Waals surface area (Å²) in [5.41, 5.74) is 7.59. The maximum Gasteiger partial charge on any atom is 0.0158 e. The molecule has 0 heteroatoms. The van der Waals surface area contributed by atoms with E-state index in [1.165, 1.54) is 35.1 Å². The minimum atomic E-state index is 0.150. The molecule has 0 bridgehead atoms. The van der Waals surface area contributed by atoms with Crippen LogP contribution in [0.15, 0.2) is 42.5 Å². The Morgan fingerprint density at radius 3 is 2.35 bits per heavy atom. The van der Waals surface area contributed by atoms with E-state index in [1.807, 2.05) is 0 Å². The van der Waals surface area contributed by atoms with E-state index in [0.29, 0.717) is 0 Å². The summed E-state index contributed by atoms with van der Waals surface area (Å²) in [5.74, 6) is 1.72. The molecule has 2 aliphatic rings. The molecule has 0 spiro atoms. The molecule has 0 unspecified atom stereocenters. The monoisotopic (exact) mass is 262 g/mol. The van der Waals surface area contributed by atoms with Gasteiger partial charge < -0.3 is 0 Å². The zero-order valence-electron chi connectivity index (χ0n) is 12.6. The summed E-state index contributed by atoms with van der Waals surface area (Å²) in [5, 5.41) is 0.